The Morgan fingerprint density at radius 1 is 1.22 bits per heavy atom. The Morgan fingerprint density at radius 3 is 2.78 bits per heavy atom. The number of piperidine rings is 2. The Labute approximate surface area is 165 Å². The number of aromatic nitrogens is 2. The Bertz CT molecular complexity index is 627. The van der Waals surface area contributed by atoms with Gasteiger partial charge < -0.3 is 4.90 Å². The topological polar surface area (TPSA) is 78.4 Å². The largest absolute Gasteiger partial charge is 0.342 e. The molecule has 0 saturated carbocycles. The average Bonchev–Trinajstić information content (AvgIpc) is 3.10. The van der Waals surface area contributed by atoms with Crippen LogP contribution in [0.5, 0.6) is 0 Å². The highest BCUT2D eigenvalue weighted by Crippen LogP contribution is 2.21. The van der Waals surface area contributed by atoms with Crippen molar-refractivity contribution in [3.05, 3.63) is 5.01 Å². The van der Waals surface area contributed by atoms with E-state index in [-0.39, 0.29) is 5.91 Å². The first-order valence-electron chi connectivity index (χ1n) is 10.3. The maximum atomic E-state index is 12.3. The molecule has 0 radical (unpaired) electrons. The van der Waals surface area contributed by atoms with E-state index in [1.165, 1.54) is 11.3 Å². The summed E-state index contributed by atoms with van der Waals surface area (Å²) in [7, 11) is 0. The molecule has 0 unspecified atom stereocenters. The number of carbonyl (C=O) groups excluding carboxylic acids is 2. The van der Waals surface area contributed by atoms with Gasteiger partial charge in [-0.3, -0.25) is 19.8 Å². The molecule has 0 aliphatic carbocycles. The van der Waals surface area contributed by atoms with Crippen molar-refractivity contribution < 1.29 is 9.59 Å². The number of amides is 2. The van der Waals surface area contributed by atoms with E-state index in [1.807, 2.05) is 4.90 Å². The van der Waals surface area contributed by atoms with Gasteiger partial charge in [0.1, 0.15) is 5.01 Å². The van der Waals surface area contributed by atoms with Crippen molar-refractivity contribution in [2.75, 3.05) is 38.0 Å². The number of anilines is 1. The standard InChI is InChI=1S/C19H31N5O2S/c1-2-3-6-17-21-22-19(27-17)20-16(25)14-23-11-8-15(9-12-23)13-24-10-5-4-7-18(24)26/h15H,2-14H2,1H3,(H,20,22,25). The Morgan fingerprint density at radius 2 is 2.04 bits per heavy atom. The molecule has 0 spiro atoms. The van der Waals surface area contributed by atoms with E-state index in [4.69, 9.17) is 0 Å². The third-order valence-electron chi connectivity index (χ3n) is 5.43. The zero-order valence-corrected chi connectivity index (χ0v) is 17.1. The van der Waals surface area contributed by atoms with Gasteiger partial charge in [0.05, 0.1) is 6.54 Å². The molecule has 1 aromatic rings. The second kappa shape index (κ2) is 10.1. The molecule has 8 heteroatoms. The number of nitrogens with zero attached hydrogens (tertiary/aromatic N) is 4. The van der Waals surface area contributed by atoms with Crippen LogP contribution in [0.3, 0.4) is 0 Å². The highest BCUT2D eigenvalue weighted by Gasteiger charge is 2.26. The van der Waals surface area contributed by atoms with Gasteiger partial charge in [0, 0.05) is 25.9 Å². The maximum Gasteiger partial charge on any atom is 0.240 e. The van der Waals surface area contributed by atoms with Crippen molar-refractivity contribution in [1.82, 2.24) is 20.0 Å². The number of likely N-dealkylation sites (tertiary alicyclic amines) is 2. The van der Waals surface area contributed by atoms with E-state index < -0.39 is 0 Å². The van der Waals surface area contributed by atoms with Crippen LogP contribution in [-0.4, -0.2) is 64.5 Å². The van der Waals surface area contributed by atoms with Crippen LogP contribution in [0, 0.1) is 5.92 Å². The molecule has 0 aromatic carbocycles. The van der Waals surface area contributed by atoms with Crippen LogP contribution >= 0.6 is 11.3 Å². The Hall–Kier alpha value is -1.54. The molecule has 27 heavy (non-hydrogen) atoms. The number of carbonyl (C=O) groups is 2. The van der Waals surface area contributed by atoms with Gasteiger partial charge in [-0.2, -0.15) is 0 Å². The molecule has 0 bridgehead atoms. The zero-order valence-electron chi connectivity index (χ0n) is 16.3. The van der Waals surface area contributed by atoms with Crippen molar-refractivity contribution in [2.24, 2.45) is 5.92 Å². The lowest BCUT2D eigenvalue weighted by atomic mass is 9.95. The Balaban J connectivity index is 1.36. The summed E-state index contributed by atoms with van der Waals surface area (Å²) < 4.78 is 0. The summed E-state index contributed by atoms with van der Waals surface area (Å²) in [6.07, 6.45) is 8.15. The van der Waals surface area contributed by atoms with Gasteiger partial charge >= 0.3 is 0 Å². The van der Waals surface area contributed by atoms with E-state index >= 15 is 0 Å². The number of unbranched alkanes of at least 4 members (excludes halogenated alkanes) is 1. The van der Waals surface area contributed by atoms with E-state index in [0.717, 1.165) is 76.1 Å². The second-order valence-electron chi connectivity index (χ2n) is 7.67. The number of aryl methyl sites for hydroxylation is 1. The summed E-state index contributed by atoms with van der Waals surface area (Å²) in [6, 6.07) is 0. The fraction of sp³-hybridized carbons (Fsp3) is 0.789. The van der Waals surface area contributed by atoms with Crippen molar-refractivity contribution in [3.63, 3.8) is 0 Å². The van der Waals surface area contributed by atoms with E-state index in [1.54, 1.807) is 0 Å². The smallest absolute Gasteiger partial charge is 0.240 e. The van der Waals surface area contributed by atoms with Gasteiger partial charge in [0.15, 0.2) is 0 Å². The summed E-state index contributed by atoms with van der Waals surface area (Å²) in [5.41, 5.74) is 0. The molecule has 3 heterocycles. The van der Waals surface area contributed by atoms with Gasteiger partial charge in [-0.1, -0.05) is 24.7 Å². The third-order valence-corrected chi connectivity index (χ3v) is 6.33. The third kappa shape index (κ3) is 6.24. The minimum atomic E-state index is -0.0159. The summed E-state index contributed by atoms with van der Waals surface area (Å²) in [6.45, 7) is 6.19. The van der Waals surface area contributed by atoms with Crippen molar-refractivity contribution >= 4 is 28.3 Å². The summed E-state index contributed by atoms with van der Waals surface area (Å²) >= 11 is 1.47. The maximum absolute atomic E-state index is 12.3. The molecule has 3 rings (SSSR count). The van der Waals surface area contributed by atoms with E-state index in [0.29, 0.717) is 29.9 Å². The molecule has 2 aliphatic heterocycles. The first-order valence-corrected chi connectivity index (χ1v) is 11.1. The van der Waals surface area contributed by atoms with Crippen LogP contribution in [0.2, 0.25) is 0 Å². The van der Waals surface area contributed by atoms with Crippen LogP contribution in [0.15, 0.2) is 0 Å². The van der Waals surface area contributed by atoms with Crippen LogP contribution in [-0.2, 0) is 16.0 Å². The molecule has 1 aromatic heterocycles. The minimum Gasteiger partial charge on any atom is -0.342 e. The van der Waals surface area contributed by atoms with Crippen LogP contribution < -0.4 is 5.32 Å². The number of hydrogen-bond donors (Lipinski definition) is 1. The van der Waals surface area contributed by atoms with Crippen molar-refractivity contribution in [3.8, 4) is 0 Å². The molecule has 2 aliphatic rings. The summed E-state index contributed by atoms with van der Waals surface area (Å²) in [4.78, 5) is 28.5. The lowest BCUT2D eigenvalue weighted by molar-refractivity contribution is -0.134. The fourth-order valence-electron chi connectivity index (χ4n) is 3.79. The Kier molecular flexibility index (Phi) is 7.58. The molecular formula is C19H31N5O2S. The highest BCUT2D eigenvalue weighted by molar-refractivity contribution is 7.15. The van der Waals surface area contributed by atoms with Gasteiger partial charge in [0.2, 0.25) is 16.9 Å². The van der Waals surface area contributed by atoms with E-state index in [2.05, 4.69) is 27.3 Å². The number of nitrogens with one attached hydrogen (secondary N) is 1. The SMILES string of the molecule is CCCCc1nnc(NC(=O)CN2CCC(CN3CCCCC3=O)CC2)s1. The first kappa shape index (κ1) is 20.2. The highest BCUT2D eigenvalue weighted by atomic mass is 32.1. The summed E-state index contributed by atoms with van der Waals surface area (Å²) in [5, 5.41) is 12.7. The predicted molar refractivity (Wildman–Crippen MR) is 107 cm³/mol. The molecule has 1 N–H and O–H groups in total. The molecule has 2 saturated heterocycles. The molecular weight excluding hydrogens is 362 g/mol. The van der Waals surface area contributed by atoms with Gasteiger partial charge in [0.25, 0.3) is 0 Å². The molecule has 7 nitrogen and oxygen atoms in total. The molecule has 0 atom stereocenters. The van der Waals surface area contributed by atoms with Crippen molar-refractivity contribution in [2.45, 2.75) is 58.3 Å². The normalized spacial score (nSPS) is 19.4. The van der Waals surface area contributed by atoms with E-state index in [9.17, 15) is 9.59 Å². The number of rotatable bonds is 8. The van der Waals surface area contributed by atoms with Crippen molar-refractivity contribution in [1.29, 1.82) is 0 Å². The predicted octanol–water partition coefficient (Wildman–Crippen LogP) is 2.54. The van der Waals surface area contributed by atoms with Crippen LogP contribution in [0.1, 0.15) is 56.9 Å². The lowest BCUT2D eigenvalue weighted by Crippen LogP contribution is -2.44. The molecule has 2 fully saturated rings. The summed E-state index contributed by atoms with van der Waals surface area (Å²) in [5.74, 6) is 0.868. The fourth-order valence-corrected chi connectivity index (χ4v) is 4.59. The monoisotopic (exact) mass is 393 g/mol. The first-order chi connectivity index (χ1) is 13.1. The van der Waals surface area contributed by atoms with Gasteiger partial charge in [-0.05, 0) is 51.1 Å². The minimum absolute atomic E-state index is 0.0159. The zero-order chi connectivity index (χ0) is 19.1. The average molecular weight is 394 g/mol. The van der Waals surface area contributed by atoms with Gasteiger partial charge in [-0.25, -0.2) is 0 Å². The van der Waals surface area contributed by atoms with Gasteiger partial charge in [-0.15, -0.1) is 10.2 Å². The molecule has 150 valence electrons. The van der Waals surface area contributed by atoms with Crippen LogP contribution in [0.4, 0.5) is 5.13 Å². The molecule has 2 amide bonds. The number of hydrogen-bond acceptors (Lipinski definition) is 6. The quantitative estimate of drug-likeness (QED) is 0.734. The lowest BCUT2D eigenvalue weighted by Gasteiger charge is -2.35. The second-order valence-corrected chi connectivity index (χ2v) is 8.73. The van der Waals surface area contributed by atoms with Crippen LogP contribution in [0.25, 0.3) is 0 Å².